The maximum absolute atomic E-state index is 5.64. The monoisotopic (exact) mass is 355 g/mol. The van der Waals surface area contributed by atoms with Gasteiger partial charge in [-0.25, -0.2) is 0 Å². The molecule has 8 nitrogen and oxygen atoms in total. The van der Waals surface area contributed by atoms with Crippen molar-refractivity contribution in [2.45, 2.75) is 0 Å². The lowest BCUT2D eigenvalue weighted by Crippen LogP contribution is -2.01. The van der Waals surface area contributed by atoms with Crippen LogP contribution in [0, 0.1) is 0 Å². The van der Waals surface area contributed by atoms with E-state index in [0.29, 0.717) is 23.0 Å². The van der Waals surface area contributed by atoms with Crippen molar-refractivity contribution in [1.29, 1.82) is 0 Å². The van der Waals surface area contributed by atoms with Crippen LogP contribution in [-0.4, -0.2) is 36.3 Å². The first-order valence-corrected chi connectivity index (χ1v) is 7.64. The van der Waals surface area contributed by atoms with E-state index in [0.717, 1.165) is 0 Å². The molecule has 1 aromatic heterocycles. The van der Waals surface area contributed by atoms with E-state index in [9.17, 15) is 0 Å². The Bertz CT molecular complexity index is 786. The van der Waals surface area contributed by atoms with Crippen molar-refractivity contribution in [1.82, 2.24) is 15.0 Å². The van der Waals surface area contributed by atoms with Crippen LogP contribution in [0.5, 0.6) is 41.0 Å². The summed E-state index contributed by atoms with van der Waals surface area (Å²) in [6.45, 7) is 0. The van der Waals surface area contributed by atoms with Gasteiger partial charge in [-0.05, 0) is 48.5 Å². The van der Waals surface area contributed by atoms with E-state index in [1.54, 1.807) is 62.8 Å². The molecule has 0 bridgehead atoms. The Balaban J connectivity index is 1.80. The van der Waals surface area contributed by atoms with Crippen molar-refractivity contribution in [3.8, 4) is 41.0 Å². The summed E-state index contributed by atoms with van der Waals surface area (Å²) in [6.07, 6.45) is 0. The molecular formula is C18H17N3O5. The fraction of sp³-hybridized carbons (Fsp3) is 0.167. The summed E-state index contributed by atoms with van der Waals surface area (Å²) in [4.78, 5) is 12.3. The predicted octanol–water partition coefficient (Wildman–Crippen LogP) is 3.48. The molecule has 2 aromatic carbocycles. The highest BCUT2D eigenvalue weighted by atomic mass is 16.5. The fourth-order valence-corrected chi connectivity index (χ4v) is 2.00. The van der Waals surface area contributed by atoms with Crippen LogP contribution in [0.25, 0.3) is 0 Å². The summed E-state index contributed by atoms with van der Waals surface area (Å²) in [5.74, 6) is 2.51. The third kappa shape index (κ3) is 4.29. The normalized spacial score (nSPS) is 10.1. The second-order valence-electron chi connectivity index (χ2n) is 4.94. The van der Waals surface area contributed by atoms with E-state index in [4.69, 9.17) is 23.7 Å². The zero-order valence-electron chi connectivity index (χ0n) is 14.5. The van der Waals surface area contributed by atoms with Crippen LogP contribution < -0.4 is 23.7 Å². The molecule has 8 heteroatoms. The SMILES string of the molecule is COc1ccc(Oc2nc(OC)nc(Oc3ccc(OC)cc3)n2)cc1. The van der Waals surface area contributed by atoms with E-state index in [-0.39, 0.29) is 18.0 Å². The third-order valence-corrected chi connectivity index (χ3v) is 3.29. The number of ether oxygens (including phenoxy) is 5. The number of hydrogen-bond acceptors (Lipinski definition) is 8. The van der Waals surface area contributed by atoms with Crippen LogP contribution in [-0.2, 0) is 0 Å². The average Bonchev–Trinajstić information content (AvgIpc) is 2.69. The molecule has 0 aliphatic carbocycles. The second kappa shape index (κ2) is 8.02. The molecule has 3 aromatic rings. The molecule has 1 heterocycles. The number of rotatable bonds is 7. The van der Waals surface area contributed by atoms with Gasteiger partial charge in [0.2, 0.25) is 0 Å². The predicted molar refractivity (Wildman–Crippen MR) is 92.5 cm³/mol. The molecule has 0 atom stereocenters. The van der Waals surface area contributed by atoms with Crippen molar-refractivity contribution in [2.75, 3.05) is 21.3 Å². The van der Waals surface area contributed by atoms with Crippen LogP contribution in [0.15, 0.2) is 48.5 Å². The van der Waals surface area contributed by atoms with Crippen LogP contribution in [0.4, 0.5) is 0 Å². The van der Waals surface area contributed by atoms with Crippen LogP contribution in [0.2, 0.25) is 0 Å². The lowest BCUT2D eigenvalue weighted by Gasteiger charge is -2.09. The Morgan fingerprint density at radius 3 is 1.15 bits per heavy atom. The van der Waals surface area contributed by atoms with Crippen LogP contribution >= 0.6 is 0 Å². The molecular weight excluding hydrogens is 338 g/mol. The maximum atomic E-state index is 5.64. The Morgan fingerprint density at radius 2 is 0.808 bits per heavy atom. The van der Waals surface area contributed by atoms with E-state index in [1.807, 2.05) is 0 Å². The lowest BCUT2D eigenvalue weighted by molar-refractivity contribution is 0.336. The zero-order chi connectivity index (χ0) is 18.4. The van der Waals surface area contributed by atoms with E-state index in [2.05, 4.69) is 15.0 Å². The van der Waals surface area contributed by atoms with Crippen molar-refractivity contribution < 1.29 is 23.7 Å². The highest BCUT2D eigenvalue weighted by Gasteiger charge is 2.11. The Morgan fingerprint density at radius 1 is 0.462 bits per heavy atom. The minimum atomic E-state index is 0.0468. The molecule has 0 aliphatic rings. The van der Waals surface area contributed by atoms with Gasteiger partial charge in [-0.2, -0.15) is 0 Å². The van der Waals surface area contributed by atoms with Gasteiger partial charge in [0.25, 0.3) is 0 Å². The van der Waals surface area contributed by atoms with Gasteiger partial charge in [-0.1, -0.05) is 0 Å². The quantitative estimate of drug-likeness (QED) is 0.637. The molecule has 0 amide bonds. The Hall–Kier alpha value is -3.55. The van der Waals surface area contributed by atoms with Crippen LogP contribution in [0.1, 0.15) is 0 Å². The number of nitrogens with zero attached hydrogens (tertiary/aromatic N) is 3. The Labute approximate surface area is 150 Å². The van der Waals surface area contributed by atoms with Gasteiger partial charge in [0.1, 0.15) is 23.0 Å². The van der Waals surface area contributed by atoms with Gasteiger partial charge in [0.05, 0.1) is 21.3 Å². The standard InChI is InChI=1S/C18H17N3O5/c1-22-12-4-8-14(9-5-12)25-17-19-16(24-3)20-18(21-17)26-15-10-6-13(23-2)7-11-15/h4-11H,1-3H3. The molecule has 0 radical (unpaired) electrons. The van der Waals surface area contributed by atoms with Crippen molar-refractivity contribution in [3.05, 3.63) is 48.5 Å². The van der Waals surface area contributed by atoms with Gasteiger partial charge >= 0.3 is 18.0 Å². The number of hydrogen-bond donors (Lipinski definition) is 0. The molecule has 0 saturated carbocycles. The molecule has 0 saturated heterocycles. The Kier molecular flexibility index (Phi) is 5.33. The van der Waals surface area contributed by atoms with Crippen molar-refractivity contribution in [2.24, 2.45) is 0 Å². The molecule has 0 fully saturated rings. The molecule has 0 spiro atoms. The first-order chi connectivity index (χ1) is 12.7. The number of methoxy groups -OCH3 is 3. The first-order valence-electron chi connectivity index (χ1n) is 7.64. The molecule has 26 heavy (non-hydrogen) atoms. The highest BCUT2D eigenvalue weighted by Crippen LogP contribution is 2.26. The van der Waals surface area contributed by atoms with Gasteiger partial charge < -0.3 is 23.7 Å². The minimum Gasteiger partial charge on any atom is -0.497 e. The van der Waals surface area contributed by atoms with E-state index < -0.39 is 0 Å². The molecule has 0 N–H and O–H groups in total. The summed E-state index contributed by atoms with van der Waals surface area (Å²) in [6, 6.07) is 14.2. The summed E-state index contributed by atoms with van der Waals surface area (Å²) >= 11 is 0. The summed E-state index contributed by atoms with van der Waals surface area (Å²) in [5.41, 5.74) is 0. The maximum Gasteiger partial charge on any atom is 0.331 e. The highest BCUT2D eigenvalue weighted by molar-refractivity contribution is 5.34. The van der Waals surface area contributed by atoms with Gasteiger partial charge in [-0.3, -0.25) is 0 Å². The zero-order valence-corrected chi connectivity index (χ0v) is 14.5. The lowest BCUT2D eigenvalue weighted by atomic mass is 10.3. The minimum absolute atomic E-state index is 0.0468. The third-order valence-electron chi connectivity index (χ3n) is 3.29. The average molecular weight is 355 g/mol. The second-order valence-corrected chi connectivity index (χ2v) is 4.94. The summed E-state index contributed by atoms with van der Waals surface area (Å²) in [5, 5.41) is 0. The van der Waals surface area contributed by atoms with Gasteiger partial charge in [-0.15, -0.1) is 15.0 Å². The molecule has 3 rings (SSSR count). The topological polar surface area (TPSA) is 84.8 Å². The van der Waals surface area contributed by atoms with Crippen molar-refractivity contribution >= 4 is 0 Å². The van der Waals surface area contributed by atoms with Gasteiger partial charge in [0, 0.05) is 0 Å². The smallest absolute Gasteiger partial charge is 0.331 e. The van der Waals surface area contributed by atoms with E-state index >= 15 is 0 Å². The largest absolute Gasteiger partial charge is 0.497 e. The van der Waals surface area contributed by atoms with Crippen LogP contribution in [0.3, 0.4) is 0 Å². The number of aromatic nitrogens is 3. The van der Waals surface area contributed by atoms with Gasteiger partial charge in [0.15, 0.2) is 0 Å². The molecule has 0 aliphatic heterocycles. The summed E-state index contributed by atoms with van der Waals surface area (Å²) < 4.78 is 26.6. The molecule has 0 unspecified atom stereocenters. The van der Waals surface area contributed by atoms with E-state index in [1.165, 1.54) is 7.11 Å². The first kappa shape index (κ1) is 17.3. The van der Waals surface area contributed by atoms with Crippen molar-refractivity contribution in [3.63, 3.8) is 0 Å². The fourth-order valence-electron chi connectivity index (χ4n) is 2.00. The summed E-state index contributed by atoms with van der Waals surface area (Å²) in [7, 11) is 4.63. The number of benzene rings is 2. The molecule has 134 valence electrons.